The molecule has 1 nitrogen and oxygen atoms in total. The molecule has 2 rings (SSSR count). The summed E-state index contributed by atoms with van der Waals surface area (Å²) in [6, 6.07) is 8.71. The third-order valence-electron chi connectivity index (χ3n) is 2.49. The van der Waals surface area contributed by atoms with Crippen LogP contribution in [0.3, 0.4) is 0 Å². The van der Waals surface area contributed by atoms with Gasteiger partial charge < -0.3 is 0 Å². The highest BCUT2D eigenvalue weighted by Crippen LogP contribution is 2.13. The number of rotatable bonds is 3. The van der Waals surface area contributed by atoms with E-state index < -0.39 is 11.6 Å². The predicted molar refractivity (Wildman–Crippen MR) is 68.9 cm³/mol. The van der Waals surface area contributed by atoms with Crippen LogP contribution in [0.15, 0.2) is 47.5 Å². The molecule has 0 N–H and O–H groups in total. The van der Waals surface area contributed by atoms with Crippen LogP contribution < -0.4 is 0 Å². The van der Waals surface area contributed by atoms with Gasteiger partial charge in [0.25, 0.3) is 0 Å². The maximum atomic E-state index is 13.4. The maximum Gasteiger partial charge on any atom is 0.131 e. The Morgan fingerprint density at radius 3 is 2.21 bits per heavy atom. The van der Waals surface area contributed by atoms with Crippen LogP contribution in [0.1, 0.15) is 11.1 Å². The monoisotopic (exact) mass is 283 g/mol. The van der Waals surface area contributed by atoms with Crippen LogP contribution in [0.4, 0.5) is 13.2 Å². The summed E-state index contributed by atoms with van der Waals surface area (Å²) in [6.45, 7) is -0.0116. The van der Waals surface area contributed by atoms with Crippen LogP contribution in [0.25, 0.3) is 0 Å². The minimum atomic E-state index is -0.674. The van der Waals surface area contributed by atoms with Crippen LogP contribution in [0.2, 0.25) is 0 Å². The molecule has 98 valence electrons. The number of nitrogens with zero attached hydrogens (tertiary/aromatic N) is 1. The second kappa shape index (κ2) is 5.89. The summed E-state index contributed by atoms with van der Waals surface area (Å²) in [5, 5.41) is 0.142. The van der Waals surface area contributed by atoms with E-state index in [0.29, 0.717) is 5.56 Å². The lowest BCUT2D eigenvalue weighted by molar-refractivity contribution is 0.573. The van der Waals surface area contributed by atoms with Gasteiger partial charge in [-0.1, -0.05) is 17.7 Å². The molecule has 5 heteroatoms. The Kier molecular flexibility index (Phi) is 4.22. The molecule has 0 aromatic heterocycles. The third kappa shape index (κ3) is 3.58. The first kappa shape index (κ1) is 13.6. The van der Waals surface area contributed by atoms with Gasteiger partial charge in [0.15, 0.2) is 0 Å². The fourth-order valence-electron chi connectivity index (χ4n) is 1.48. The fourth-order valence-corrected chi connectivity index (χ4v) is 1.67. The van der Waals surface area contributed by atoms with E-state index >= 15 is 0 Å². The van der Waals surface area contributed by atoms with E-state index in [0.717, 1.165) is 12.1 Å². The molecule has 19 heavy (non-hydrogen) atoms. The Labute approximate surface area is 113 Å². The van der Waals surface area contributed by atoms with E-state index in [1.54, 1.807) is 0 Å². The Morgan fingerprint density at radius 2 is 1.58 bits per heavy atom. The van der Waals surface area contributed by atoms with Crippen molar-refractivity contribution in [1.82, 2.24) is 0 Å². The molecule has 0 fully saturated rings. The van der Waals surface area contributed by atoms with Gasteiger partial charge in [-0.25, -0.2) is 13.2 Å². The number of hydrogen-bond donors (Lipinski definition) is 0. The summed E-state index contributed by atoms with van der Waals surface area (Å²) in [5.41, 5.74) is 0.771. The third-order valence-corrected chi connectivity index (χ3v) is 2.82. The average Bonchev–Trinajstić information content (AvgIpc) is 2.38. The van der Waals surface area contributed by atoms with E-state index in [2.05, 4.69) is 4.99 Å². The molecule has 0 aliphatic carbocycles. The summed E-state index contributed by atoms with van der Waals surface area (Å²) in [4.78, 5) is 3.98. The molecule has 0 saturated heterocycles. The standard InChI is InChI=1S/C14H9ClF3N/c15-14(9-1-4-11(16)5-2-9)19-8-10-3-6-12(17)7-13(10)18/h1-7H,8H2. The van der Waals surface area contributed by atoms with Crippen molar-refractivity contribution in [2.24, 2.45) is 4.99 Å². The molecule has 0 amide bonds. The van der Waals surface area contributed by atoms with Crippen molar-refractivity contribution in [3.8, 4) is 0 Å². The normalized spacial score (nSPS) is 11.7. The highest BCUT2D eigenvalue weighted by molar-refractivity contribution is 6.69. The van der Waals surface area contributed by atoms with Crippen molar-refractivity contribution in [1.29, 1.82) is 0 Å². The van der Waals surface area contributed by atoms with Gasteiger partial charge in [0.2, 0.25) is 0 Å². The molecule has 0 bridgehead atoms. The molecule has 0 spiro atoms. The summed E-state index contributed by atoms with van der Waals surface area (Å²) >= 11 is 5.92. The van der Waals surface area contributed by atoms with Crippen molar-refractivity contribution >= 4 is 16.8 Å². The Hall–Kier alpha value is -1.81. The lowest BCUT2D eigenvalue weighted by atomic mass is 10.2. The molecule has 0 atom stereocenters. The first-order valence-corrected chi connectivity index (χ1v) is 5.84. The zero-order valence-corrected chi connectivity index (χ0v) is 10.5. The molecule has 0 radical (unpaired) electrons. The number of halogens is 4. The van der Waals surface area contributed by atoms with Crippen molar-refractivity contribution in [2.45, 2.75) is 6.54 Å². The molecular formula is C14H9ClF3N. The van der Waals surface area contributed by atoms with Crippen LogP contribution >= 0.6 is 11.6 Å². The smallest absolute Gasteiger partial charge is 0.131 e. The van der Waals surface area contributed by atoms with E-state index in [4.69, 9.17) is 11.6 Å². The second-order valence-electron chi connectivity index (χ2n) is 3.85. The van der Waals surface area contributed by atoms with E-state index in [-0.39, 0.29) is 23.1 Å². The van der Waals surface area contributed by atoms with E-state index in [1.165, 1.54) is 30.3 Å². The molecule has 2 aromatic rings. The molecule has 2 aromatic carbocycles. The number of aliphatic imine (C=N–C) groups is 1. The molecular weight excluding hydrogens is 275 g/mol. The Bertz CT molecular complexity index is 609. The molecule has 0 unspecified atom stereocenters. The minimum absolute atomic E-state index is 0.0116. The second-order valence-corrected chi connectivity index (χ2v) is 4.21. The van der Waals surface area contributed by atoms with E-state index in [1.807, 2.05) is 0 Å². The molecule has 0 saturated carbocycles. The predicted octanol–water partition coefficient (Wildman–Crippen LogP) is 4.29. The van der Waals surface area contributed by atoms with Gasteiger partial charge in [-0.2, -0.15) is 0 Å². The summed E-state index contributed by atoms with van der Waals surface area (Å²) < 4.78 is 38.8. The zero-order valence-electron chi connectivity index (χ0n) is 9.71. The topological polar surface area (TPSA) is 12.4 Å². The van der Waals surface area contributed by atoms with Gasteiger partial charge in [-0.3, -0.25) is 4.99 Å². The lowest BCUT2D eigenvalue weighted by Gasteiger charge is -2.01. The Morgan fingerprint density at radius 1 is 0.947 bits per heavy atom. The van der Waals surface area contributed by atoms with Crippen LogP contribution in [-0.4, -0.2) is 5.17 Å². The van der Waals surface area contributed by atoms with Gasteiger partial charge >= 0.3 is 0 Å². The summed E-state index contributed by atoms with van der Waals surface area (Å²) in [7, 11) is 0. The van der Waals surface area contributed by atoms with Crippen LogP contribution in [0.5, 0.6) is 0 Å². The molecule has 0 aliphatic rings. The van der Waals surface area contributed by atoms with Crippen molar-refractivity contribution in [2.75, 3.05) is 0 Å². The van der Waals surface area contributed by atoms with Crippen molar-refractivity contribution in [3.05, 3.63) is 71.0 Å². The highest BCUT2D eigenvalue weighted by Gasteiger charge is 2.04. The SMILES string of the molecule is Fc1ccc(C(Cl)=NCc2ccc(F)cc2F)cc1. The van der Waals surface area contributed by atoms with Gasteiger partial charge in [0.1, 0.15) is 22.6 Å². The van der Waals surface area contributed by atoms with Gasteiger partial charge in [-0.15, -0.1) is 0 Å². The summed E-state index contributed by atoms with van der Waals surface area (Å²) in [6.07, 6.45) is 0. The summed E-state index contributed by atoms with van der Waals surface area (Å²) in [5.74, 6) is -1.69. The quantitative estimate of drug-likeness (QED) is 0.745. The fraction of sp³-hybridized carbons (Fsp3) is 0.0714. The lowest BCUT2D eigenvalue weighted by Crippen LogP contribution is -1.95. The largest absolute Gasteiger partial charge is 0.268 e. The van der Waals surface area contributed by atoms with Gasteiger partial charge in [-0.05, 0) is 30.3 Å². The minimum Gasteiger partial charge on any atom is -0.268 e. The van der Waals surface area contributed by atoms with Crippen molar-refractivity contribution in [3.63, 3.8) is 0 Å². The van der Waals surface area contributed by atoms with E-state index in [9.17, 15) is 13.2 Å². The van der Waals surface area contributed by atoms with Gasteiger partial charge in [0, 0.05) is 17.2 Å². The zero-order chi connectivity index (χ0) is 13.8. The first-order valence-electron chi connectivity index (χ1n) is 5.46. The Balaban J connectivity index is 2.15. The highest BCUT2D eigenvalue weighted by atomic mass is 35.5. The number of hydrogen-bond acceptors (Lipinski definition) is 1. The first-order chi connectivity index (χ1) is 9.06. The molecule has 0 heterocycles. The van der Waals surface area contributed by atoms with Gasteiger partial charge in [0.05, 0.1) is 6.54 Å². The van der Waals surface area contributed by atoms with Crippen LogP contribution in [0, 0.1) is 17.5 Å². The average molecular weight is 284 g/mol. The van der Waals surface area contributed by atoms with Crippen molar-refractivity contribution < 1.29 is 13.2 Å². The maximum absolute atomic E-state index is 13.4. The molecule has 0 aliphatic heterocycles. The van der Waals surface area contributed by atoms with Crippen LogP contribution in [-0.2, 0) is 6.54 Å². The number of benzene rings is 2.